The largest absolute Gasteiger partial charge is 0.320 e. The highest BCUT2D eigenvalue weighted by atomic mass is 79.9. The topological polar surface area (TPSA) is 42.0 Å². The lowest BCUT2D eigenvalue weighted by atomic mass is 10.1. The van der Waals surface area contributed by atoms with Crippen molar-refractivity contribution < 1.29 is 9.18 Å². The van der Waals surface area contributed by atoms with Crippen LogP contribution in [-0.4, -0.2) is 10.9 Å². The van der Waals surface area contributed by atoms with E-state index >= 15 is 0 Å². The number of hydrogen-bond acceptors (Lipinski definition) is 2. The molecule has 1 heterocycles. The summed E-state index contributed by atoms with van der Waals surface area (Å²) in [4.78, 5) is 16.5. The molecule has 1 amide bonds. The number of rotatable bonds is 2. The highest BCUT2D eigenvalue weighted by molar-refractivity contribution is 9.10. The van der Waals surface area contributed by atoms with Crippen molar-refractivity contribution in [3.8, 4) is 0 Å². The fraction of sp³-hybridized carbons (Fsp3) is 0. The number of hydrogen-bond donors (Lipinski definition) is 1. The summed E-state index contributed by atoms with van der Waals surface area (Å²) in [6.07, 6.45) is 1.67. The van der Waals surface area contributed by atoms with E-state index in [2.05, 4.69) is 26.2 Å². The van der Waals surface area contributed by atoms with E-state index in [0.29, 0.717) is 16.8 Å². The molecule has 0 radical (unpaired) electrons. The Hall–Kier alpha value is -2.27. The number of amides is 1. The third-order valence-corrected chi connectivity index (χ3v) is 3.48. The Bertz CT molecular complexity index is 818. The van der Waals surface area contributed by atoms with Crippen LogP contribution in [0.4, 0.5) is 10.1 Å². The molecule has 0 saturated heterocycles. The highest BCUT2D eigenvalue weighted by Gasteiger charge is 2.10. The second-order valence-corrected chi connectivity index (χ2v) is 5.41. The molecule has 5 heteroatoms. The van der Waals surface area contributed by atoms with E-state index < -0.39 is 0 Å². The molecule has 0 saturated carbocycles. The predicted molar refractivity (Wildman–Crippen MR) is 83.8 cm³/mol. The molecule has 3 rings (SSSR count). The van der Waals surface area contributed by atoms with Gasteiger partial charge in [0.25, 0.3) is 5.91 Å². The first-order chi connectivity index (χ1) is 10.1. The molecule has 0 aliphatic carbocycles. The smallest absolute Gasteiger partial charge is 0.255 e. The van der Waals surface area contributed by atoms with Gasteiger partial charge in [-0.15, -0.1) is 0 Å². The molecule has 0 unspecified atom stereocenters. The second kappa shape index (κ2) is 5.61. The second-order valence-electron chi connectivity index (χ2n) is 4.49. The van der Waals surface area contributed by atoms with Gasteiger partial charge in [0, 0.05) is 21.6 Å². The zero-order chi connectivity index (χ0) is 14.8. The zero-order valence-electron chi connectivity index (χ0n) is 10.8. The molecule has 104 valence electrons. The van der Waals surface area contributed by atoms with Crippen molar-refractivity contribution in [2.45, 2.75) is 0 Å². The van der Waals surface area contributed by atoms with Gasteiger partial charge in [-0.05, 0) is 42.5 Å². The first-order valence-electron chi connectivity index (χ1n) is 6.25. The number of pyridine rings is 1. The van der Waals surface area contributed by atoms with Crippen LogP contribution < -0.4 is 5.32 Å². The molecule has 1 aromatic heterocycles. The van der Waals surface area contributed by atoms with Crippen molar-refractivity contribution >= 4 is 38.4 Å². The summed E-state index contributed by atoms with van der Waals surface area (Å²) in [6, 6.07) is 12.9. The molecule has 0 atom stereocenters. The van der Waals surface area contributed by atoms with Crippen LogP contribution in [-0.2, 0) is 0 Å². The van der Waals surface area contributed by atoms with E-state index in [1.807, 2.05) is 18.2 Å². The predicted octanol–water partition coefficient (Wildman–Crippen LogP) is 4.39. The summed E-state index contributed by atoms with van der Waals surface area (Å²) >= 11 is 3.41. The first-order valence-corrected chi connectivity index (χ1v) is 7.04. The minimum absolute atomic E-state index is 0.306. The van der Waals surface area contributed by atoms with E-state index in [1.165, 1.54) is 24.3 Å². The van der Waals surface area contributed by atoms with E-state index in [-0.39, 0.29) is 11.7 Å². The van der Waals surface area contributed by atoms with Crippen molar-refractivity contribution in [1.82, 2.24) is 4.98 Å². The lowest BCUT2D eigenvalue weighted by Gasteiger charge is -2.09. The standard InChI is InChI=1S/C16H10BrFN2O/c17-12-8-11-2-1-7-19-15(11)14(9-12)20-16(21)10-3-5-13(18)6-4-10/h1-9H,(H,20,21). The molecule has 0 fully saturated rings. The Labute approximate surface area is 128 Å². The Morgan fingerprint density at radius 3 is 2.67 bits per heavy atom. The number of aromatic nitrogens is 1. The Balaban J connectivity index is 1.98. The summed E-state index contributed by atoms with van der Waals surface area (Å²) in [7, 11) is 0. The molecular formula is C16H10BrFN2O. The van der Waals surface area contributed by atoms with Gasteiger partial charge in [-0.25, -0.2) is 4.39 Å². The van der Waals surface area contributed by atoms with Gasteiger partial charge >= 0.3 is 0 Å². The Morgan fingerprint density at radius 2 is 1.90 bits per heavy atom. The molecule has 0 bridgehead atoms. The average Bonchev–Trinajstić information content (AvgIpc) is 2.47. The number of fused-ring (bicyclic) bond motifs is 1. The lowest BCUT2D eigenvalue weighted by Crippen LogP contribution is -2.12. The third kappa shape index (κ3) is 2.92. The third-order valence-electron chi connectivity index (χ3n) is 3.02. The molecule has 2 aromatic carbocycles. The van der Waals surface area contributed by atoms with Crippen LogP contribution in [0.5, 0.6) is 0 Å². The molecule has 21 heavy (non-hydrogen) atoms. The van der Waals surface area contributed by atoms with Crippen LogP contribution in [0.1, 0.15) is 10.4 Å². The molecule has 0 aliphatic rings. The molecule has 1 N–H and O–H groups in total. The van der Waals surface area contributed by atoms with Crippen LogP contribution in [0.2, 0.25) is 0 Å². The number of carbonyl (C=O) groups excluding carboxylic acids is 1. The average molecular weight is 345 g/mol. The van der Waals surface area contributed by atoms with Gasteiger partial charge in [-0.2, -0.15) is 0 Å². The number of nitrogens with zero attached hydrogens (tertiary/aromatic N) is 1. The molecule has 3 nitrogen and oxygen atoms in total. The van der Waals surface area contributed by atoms with Crippen molar-refractivity contribution in [1.29, 1.82) is 0 Å². The fourth-order valence-corrected chi connectivity index (χ4v) is 2.52. The van der Waals surface area contributed by atoms with E-state index in [4.69, 9.17) is 0 Å². The van der Waals surface area contributed by atoms with Crippen molar-refractivity contribution in [2.75, 3.05) is 5.32 Å². The quantitative estimate of drug-likeness (QED) is 0.749. The van der Waals surface area contributed by atoms with E-state index in [0.717, 1.165) is 9.86 Å². The van der Waals surface area contributed by atoms with E-state index in [1.54, 1.807) is 12.3 Å². The van der Waals surface area contributed by atoms with Gasteiger partial charge < -0.3 is 5.32 Å². The summed E-state index contributed by atoms with van der Waals surface area (Å²) in [5.41, 5.74) is 1.70. The number of halogens is 2. The lowest BCUT2D eigenvalue weighted by molar-refractivity contribution is 0.102. The summed E-state index contributed by atoms with van der Waals surface area (Å²) < 4.78 is 13.7. The summed E-state index contributed by atoms with van der Waals surface area (Å²) in [5, 5.41) is 3.73. The summed E-state index contributed by atoms with van der Waals surface area (Å²) in [5.74, 6) is -0.679. The zero-order valence-corrected chi connectivity index (χ0v) is 12.4. The van der Waals surface area contributed by atoms with Gasteiger partial charge in [0.2, 0.25) is 0 Å². The maximum absolute atomic E-state index is 12.9. The van der Waals surface area contributed by atoms with Crippen LogP contribution in [0, 0.1) is 5.82 Å². The SMILES string of the molecule is O=C(Nc1cc(Br)cc2cccnc12)c1ccc(F)cc1. The van der Waals surface area contributed by atoms with Crippen LogP contribution in [0.25, 0.3) is 10.9 Å². The monoisotopic (exact) mass is 344 g/mol. The fourth-order valence-electron chi connectivity index (χ4n) is 2.05. The van der Waals surface area contributed by atoms with Gasteiger partial charge in [0.1, 0.15) is 5.82 Å². The number of anilines is 1. The van der Waals surface area contributed by atoms with Gasteiger partial charge in [0.05, 0.1) is 11.2 Å². The number of benzene rings is 2. The first kappa shape index (κ1) is 13.7. The van der Waals surface area contributed by atoms with Gasteiger partial charge in [-0.3, -0.25) is 9.78 Å². The van der Waals surface area contributed by atoms with Crippen molar-refractivity contribution in [3.63, 3.8) is 0 Å². The van der Waals surface area contributed by atoms with Crippen LogP contribution in [0.15, 0.2) is 59.2 Å². The Morgan fingerprint density at radius 1 is 1.14 bits per heavy atom. The minimum atomic E-state index is -0.374. The number of carbonyl (C=O) groups is 1. The van der Waals surface area contributed by atoms with E-state index in [9.17, 15) is 9.18 Å². The maximum Gasteiger partial charge on any atom is 0.255 e. The van der Waals surface area contributed by atoms with Crippen LogP contribution >= 0.6 is 15.9 Å². The van der Waals surface area contributed by atoms with Gasteiger partial charge in [0.15, 0.2) is 0 Å². The van der Waals surface area contributed by atoms with Crippen LogP contribution in [0.3, 0.4) is 0 Å². The molecule has 0 aliphatic heterocycles. The van der Waals surface area contributed by atoms with Crippen molar-refractivity contribution in [3.05, 3.63) is 70.6 Å². The Kier molecular flexibility index (Phi) is 3.66. The highest BCUT2D eigenvalue weighted by Crippen LogP contribution is 2.26. The molecule has 3 aromatic rings. The number of nitrogens with one attached hydrogen (secondary N) is 1. The normalized spacial score (nSPS) is 10.6. The molecular weight excluding hydrogens is 335 g/mol. The maximum atomic E-state index is 12.9. The summed E-state index contributed by atoms with van der Waals surface area (Å²) in [6.45, 7) is 0. The van der Waals surface area contributed by atoms with Crippen molar-refractivity contribution in [2.24, 2.45) is 0 Å². The minimum Gasteiger partial charge on any atom is -0.320 e. The molecule has 0 spiro atoms. The van der Waals surface area contributed by atoms with Gasteiger partial charge in [-0.1, -0.05) is 22.0 Å².